The van der Waals surface area contributed by atoms with Crippen LogP contribution < -0.4 is 10.2 Å². The molecule has 134 valence electrons. The monoisotopic (exact) mass is 369 g/mol. The lowest BCUT2D eigenvalue weighted by Gasteiger charge is -2.41. The van der Waals surface area contributed by atoms with E-state index in [1.54, 1.807) is 36.4 Å². The molecule has 4 rings (SSSR count). The highest BCUT2D eigenvalue weighted by Gasteiger charge is 2.39. The van der Waals surface area contributed by atoms with Crippen LogP contribution >= 0.6 is 11.6 Å². The van der Waals surface area contributed by atoms with Crippen molar-refractivity contribution in [2.75, 3.05) is 23.3 Å². The van der Waals surface area contributed by atoms with E-state index in [4.69, 9.17) is 11.6 Å². The van der Waals surface area contributed by atoms with Crippen LogP contribution in [0.2, 0.25) is 5.02 Å². The first-order valence-electron chi connectivity index (χ1n) is 8.87. The van der Waals surface area contributed by atoms with E-state index in [-0.39, 0.29) is 18.0 Å². The molecule has 1 saturated heterocycles. The van der Waals surface area contributed by atoms with Crippen LogP contribution in [-0.2, 0) is 0 Å². The molecule has 0 unspecified atom stereocenters. The van der Waals surface area contributed by atoms with Crippen LogP contribution in [0.25, 0.3) is 0 Å². The largest absolute Gasteiger partial charge is 0.351 e. The number of benzene rings is 2. The van der Waals surface area contributed by atoms with Crippen LogP contribution in [0.5, 0.6) is 0 Å². The fraction of sp³-hybridized carbons (Fsp3) is 0.300. The van der Waals surface area contributed by atoms with Crippen LogP contribution in [-0.4, -0.2) is 36.0 Å². The maximum Gasteiger partial charge on any atom is 0.257 e. The number of anilines is 2. The Morgan fingerprint density at radius 3 is 2.73 bits per heavy atom. The van der Waals surface area contributed by atoms with Gasteiger partial charge in [-0.3, -0.25) is 9.59 Å². The van der Waals surface area contributed by atoms with E-state index in [9.17, 15) is 9.59 Å². The second-order valence-electron chi connectivity index (χ2n) is 6.60. The van der Waals surface area contributed by atoms with E-state index in [1.807, 2.05) is 11.0 Å². The summed E-state index contributed by atoms with van der Waals surface area (Å²) >= 11 is 5.88. The molecule has 0 bridgehead atoms. The number of carbonyl (C=O) groups is 2. The number of hydrogen-bond acceptors (Lipinski definition) is 3. The molecule has 26 heavy (non-hydrogen) atoms. The Balaban J connectivity index is 1.65. The summed E-state index contributed by atoms with van der Waals surface area (Å²) in [5.74, 6) is -0.135. The van der Waals surface area contributed by atoms with Crippen molar-refractivity contribution >= 4 is 34.8 Å². The zero-order chi connectivity index (χ0) is 18.3. The standard InChI is InChI=1S/C20H20ClN3O2/c1-2-23-17-12-13(19(25)22-15-8-6-14(21)7-9-15)5-10-16(17)20(26)24-11-3-4-18(23)24/h5-10,12,18H,2-4,11H2,1H3,(H,22,25)/t18-/m1/s1. The van der Waals surface area contributed by atoms with Gasteiger partial charge < -0.3 is 15.1 Å². The molecule has 2 aromatic rings. The van der Waals surface area contributed by atoms with Gasteiger partial charge in [-0.2, -0.15) is 0 Å². The molecule has 0 spiro atoms. The van der Waals surface area contributed by atoms with Crippen LogP contribution in [0, 0.1) is 0 Å². The van der Waals surface area contributed by atoms with Crippen molar-refractivity contribution in [2.24, 2.45) is 0 Å². The number of carbonyl (C=O) groups excluding carboxylic acids is 2. The lowest BCUT2D eigenvalue weighted by atomic mass is 10.0. The lowest BCUT2D eigenvalue weighted by molar-refractivity contribution is 0.0715. The minimum Gasteiger partial charge on any atom is -0.351 e. The number of rotatable bonds is 3. The van der Waals surface area contributed by atoms with Gasteiger partial charge in [-0.15, -0.1) is 0 Å². The lowest BCUT2D eigenvalue weighted by Crippen LogP contribution is -2.52. The third-order valence-corrected chi connectivity index (χ3v) is 5.34. The average molecular weight is 370 g/mol. The molecule has 0 aliphatic carbocycles. The number of nitrogens with one attached hydrogen (secondary N) is 1. The van der Waals surface area contributed by atoms with Crippen LogP contribution in [0.1, 0.15) is 40.5 Å². The Labute approximate surface area is 157 Å². The molecule has 2 aliphatic rings. The quantitative estimate of drug-likeness (QED) is 0.889. The molecular formula is C20H20ClN3O2. The molecule has 5 nitrogen and oxygen atoms in total. The van der Waals surface area contributed by atoms with E-state index < -0.39 is 0 Å². The summed E-state index contributed by atoms with van der Waals surface area (Å²) in [5.41, 5.74) is 2.75. The van der Waals surface area contributed by atoms with Crippen molar-refractivity contribution < 1.29 is 9.59 Å². The fourth-order valence-corrected chi connectivity index (χ4v) is 3.96. The zero-order valence-electron chi connectivity index (χ0n) is 14.5. The summed E-state index contributed by atoms with van der Waals surface area (Å²) in [6.45, 7) is 3.68. The molecule has 0 saturated carbocycles. The Morgan fingerprint density at radius 2 is 2.00 bits per heavy atom. The van der Waals surface area contributed by atoms with Gasteiger partial charge in [0.05, 0.1) is 11.3 Å². The number of amides is 2. The molecule has 1 atom stereocenters. The molecule has 0 radical (unpaired) electrons. The summed E-state index contributed by atoms with van der Waals surface area (Å²) in [7, 11) is 0. The Morgan fingerprint density at radius 1 is 1.23 bits per heavy atom. The SMILES string of the molecule is CCN1c2cc(C(=O)Nc3ccc(Cl)cc3)ccc2C(=O)N2CCC[C@@H]21. The maximum absolute atomic E-state index is 12.7. The summed E-state index contributed by atoms with van der Waals surface area (Å²) in [5, 5.41) is 3.49. The Bertz CT molecular complexity index is 866. The normalized spacial score (nSPS) is 18.5. The highest BCUT2D eigenvalue weighted by atomic mass is 35.5. The first kappa shape index (κ1) is 16.9. The first-order valence-corrected chi connectivity index (χ1v) is 9.25. The van der Waals surface area contributed by atoms with E-state index in [2.05, 4.69) is 17.1 Å². The predicted molar refractivity (Wildman–Crippen MR) is 103 cm³/mol. The average Bonchev–Trinajstić information content (AvgIpc) is 3.13. The topological polar surface area (TPSA) is 52.7 Å². The summed E-state index contributed by atoms with van der Waals surface area (Å²) < 4.78 is 0. The van der Waals surface area contributed by atoms with E-state index in [0.717, 1.165) is 31.6 Å². The third kappa shape index (κ3) is 2.82. The molecular weight excluding hydrogens is 350 g/mol. The minimum absolute atomic E-state index is 0.0665. The van der Waals surface area contributed by atoms with E-state index in [1.165, 1.54) is 0 Å². The molecule has 1 N–H and O–H groups in total. The fourth-order valence-electron chi connectivity index (χ4n) is 3.83. The van der Waals surface area contributed by atoms with Gasteiger partial charge in [0.2, 0.25) is 0 Å². The zero-order valence-corrected chi connectivity index (χ0v) is 15.3. The second-order valence-corrected chi connectivity index (χ2v) is 7.04. The first-order chi connectivity index (χ1) is 12.6. The highest BCUT2D eigenvalue weighted by Crippen LogP contribution is 2.36. The molecule has 1 fully saturated rings. The van der Waals surface area contributed by atoms with Gasteiger partial charge in [-0.1, -0.05) is 11.6 Å². The maximum atomic E-state index is 12.7. The number of nitrogens with zero attached hydrogens (tertiary/aromatic N) is 2. The Kier molecular flexibility index (Phi) is 4.32. The summed E-state index contributed by atoms with van der Waals surface area (Å²) in [6.07, 6.45) is 2.10. The molecule has 0 aromatic heterocycles. The number of halogens is 1. The van der Waals surface area contributed by atoms with Crippen LogP contribution in [0.15, 0.2) is 42.5 Å². The van der Waals surface area contributed by atoms with E-state index >= 15 is 0 Å². The van der Waals surface area contributed by atoms with Crippen LogP contribution in [0.4, 0.5) is 11.4 Å². The van der Waals surface area contributed by atoms with Gasteiger partial charge in [0.15, 0.2) is 0 Å². The summed E-state index contributed by atoms with van der Waals surface area (Å²) in [4.78, 5) is 29.5. The van der Waals surface area contributed by atoms with Gasteiger partial charge in [0, 0.05) is 29.4 Å². The molecule has 2 heterocycles. The van der Waals surface area contributed by atoms with Crippen molar-refractivity contribution in [3.05, 3.63) is 58.6 Å². The van der Waals surface area contributed by atoms with Crippen molar-refractivity contribution in [1.82, 2.24) is 4.90 Å². The van der Waals surface area contributed by atoms with Crippen molar-refractivity contribution in [3.63, 3.8) is 0 Å². The van der Waals surface area contributed by atoms with Gasteiger partial charge >= 0.3 is 0 Å². The van der Waals surface area contributed by atoms with Crippen molar-refractivity contribution in [3.8, 4) is 0 Å². The van der Waals surface area contributed by atoms with Gasteiger partial charge in [-0.05, 0) is 62.2 Å². The third-order valence-electron chi connectivity index (χ3n) is 5.08. The van der Waals surface area contributed by atoms with E-state index in [0.29, 0.717) is 21.8 Å². The van der Waals surface area contributed by atoms with Gasteiger partial charge in [-0.25, -0.2) is 0 Å². The summed E-state index contributed by atoms with van der Waals surface area (Å²) in [6, 6.07) is 12.3. The highest BCUT2D eigenvalue weighted by molar-refractivity contribution is 6.30. The number of hydrogen-bond donors (Lipinski definition) is 1. The van der Waals surface area contributed by atoms with Crippen LogP contribution in [0.3, 0.4) is 0 Å². The molecule has 2 amide bonds. The number of fused-ring (bicyclic) bond motifs is 2. The van der Waals surface area contributed by atoms with Crippen molar-refractivity contribution in [2.45, 2.75) is 25.9 Å². The van der Waals surface area contributed by atoms with Gasteiger partial charge in [0.25, 0.3) is 11.8 Å². The molecule has 6 heteroatoms. The molecule has 2 aromatic carbocycles. The Hall–Kier alpha value is -2.53. The molecule has 2 aliphatic heterocycles. The minimum atomic E-state index is -0.201. The van der Waals surface area contributed by atoms with Gasteiger partial charge in [0.1, 0.15) is 6.17 Å². The van der Waals surface area contributed by atoms with Crippen molar-refractivity contribution in [1.29, 1.82) is 0 Å². The second kappa shape index (κ2) is 6.65. The smallest absolute Gasteiger partial charge is 0.257 e. The predicted octanol–water partition coefficient (Wildman–Crippen LogP) is 3.99.